The van der Waals surface area contributed by atoms with Gasteiger partial charge in [-0.1, -0.05) is 12.1 Å². The minimum atomic E-state index is -1.15. The predicted octanol–water partition coefficient (Wildman–Crippen LogP) is 2.03. The second kappa shape index (κ2) is 5.69. The van der Waals surface area contributed by atoms with Gasteiger partial charge in [0.15, 0.2) is 5.78 Å². The van der Waals surface area contributed by atoms with Crippen LogP contribution in [-0.4, -0.2) is 36.0 Å². The van der Waals surface area contributed by atoms with Crippen molar-refractivity contribution in [3.63, 3.8) is 0 Å². The molecule has 0 atom stereocenters. The van der Waals surface area contributed by atoms with Crippen LogP contribution in [-0.2, 0) is 0 Å². The Bertz CT molecular complexity index is 453. The Labute approximate surface area is 99.4 Å². The number of carboxylic acid groups (broad SMARTS) is 1. The Morgan fingerprint density at radius 1 is 1.35 bits per heavy atom. The van der Waals surface area contributed by atoms with E-state index in [1.807, 2.05) is 14.1 Å². The van der Waals surface area contributed by atoms with Gasteiger partial charge in [0.1, 0.15) is 0 Å². The first kappa shape index (κ1) is 12.8. The number of nitrogens with zero attached hydrogens (tertiary/aromatic N) is 1. The Kier molecular flexibility index (Phi) is 4.28. The van der Waals surface area contributed by atoms with Gasteiger partial charge in [-0.2, -0.15) is 0 Å². The quantitative estimate of drug-likeness (QED) is 0.617. The average Bonchev–Trinajstić information content (AvgIpc) is 2.25. The van der Waals surface area contributed by atoms with Crippen LogP contribution in [0.1, 0.15) is 10.4 Å². The van der Waals surface area contributed by atoms with Crippen molar-refractivity contribution in [1.82, 2.24) is 4.90 Å². The molecule has 0 spiro atoms. The highest BCUT2D eigenvalue weighted by atomic mass is 16.4. The number of hydrogen-bond acceptors (Lipinski definition) is 3. The van der Waals surface area contributed by atoms with Gasteiger partial charge in [0, 0.05) is 37.6 Å². The fourth-order valence-corrected chi connectivity index (χ4v) is 1.19. The smallest absolute Gasteiger partial charge is 0.409 e. The van der Waals surface area contributed by atoms with E-state index >= 15 is 0 Å². The molecule has 0 aliphatic carbocycles. The topological polar surface area (TPSA) is 69.6 Å². The predicted molar refractivity (Wildman–Crippen MR) is 65.2 cm³/mol. The summed E-state index contributed by atoms with van der Waals surface area (Å²) in [5.41, 5.74) is 0.816. The number of ketones is 1. The van der Waals surface area contributed by atoms with E-state index in [1.54, 1.807) is 29.3 Å². The third kappa shape index (κ3) is 4.38. The molecule has 0 heterocycles. The molecule has 1 amide bonds. The van der Waals surface area contributed by atoms with Crippen LogP contribution in [0.15, 0.2) is 36.5 Å². The van der Waals surface area contributed by atoms with Gasteiger partial charge in [-0.25, -0.2) is 4.79 Å². The Morgan fingerprint density at radius 3 is 2.65 bits per heavy atom. The maximum absolute atomic E-state index is 11.7. The number of amides is 1. The van der Waals surface area contributed by atoms with Crippen LogP contribution in [0, 0.1) is 0 Å². The molecule has 0 unspecified atom stereocenters. The molecule has 0 aliphatic heterocycles. The highest BCUT2D eigenvalue weighted by Crippen LogP contribution is 2.11. The zero-order chi connectivity index (χ0) is 12.8. The summed E-state index contributed by atoms with van der Waals surface area (Å²) in [5, 5.41) is 10.8. The summed E-state index contributed by atoms with van der Waals surface area (Å²) < 4.78 is 0. The number of rotatable bonds is 4. The summed E-state index contributed by atoms with van der Waals surface area (Å²) in [4.78, 5) is 23.9. The van der Waals surface area contributed by atoms with Gasteiger partial charge in [-0.05, 0) is 12.1 Å². The highest BCUT2D eigenvalue weighted by molar-refractivity contribution is 6.05. The van der Waals surface area contributed by atoms with Gasteiger partial charge in [0.2, 0.25) is 0 Å². The van der Waals surface area contributed by atoms with Gasteiger partial charge in [0.05, 0.1) is 0 Å². The number of hydrogen-bond donors (Lipinski definition) is 2. The second-order valence-corrected chi connectivity index (χ2v) is 3.65. The van der Waals surface area contributed by atoms with Gasteiger partial charge in [-0.3, -0.25) is 10.1 Å². The molecular weight excluding hydrogens is 220 g/mol. The molecule has 0 aliphatic rings. The fourth-order valence-electron chi connectivity index (χ4n) is 1.19. The molecule has 1 rings (SSSR count). The van der Waals surface area contributed by atoms with Crippen LogP contribution < -0.4 is 5.32 Å². The molecule has 0 aromatic heterocycles. The van der Waals surface area contributed by atoms with Gasteiger partial charge >= 0.3 is 6.09 Å². The zero-order valence-electron chi connectivity index (χ0n) is 9.68. The summed E-state index contributed by atoms with van der Waals surface area (Å²) in [7, 11) is 3.62. The van der Waals surface area contributed by atoms with Crippen molar-refractivity contribution in [2.45, 2.75) is 0 Å². The fraction of sp³-hybridized carbons (Fsp3) is 0.167. The molecule has 17 heavy (non-hydrogen) atoms. The van der Waals surface area contributed by atoms with E-state index in [0.717, 1.165) is 0 Å². The lowest BCUT2D eigenvalue weighted by atomic mass is 10.1. The standard InChI is InChI=1S/C12H14N2O3/c1-14(2)7-6-11(15)9-4-3-5-10(8-9)13-12(16)17/h3-8,13H,1-2H3,(H,16,17). The minimum absolute atomic E-state index is 0.173. The lowest BCUT2D eigenvalue weighted by Gasteiger charge is -2.04. The van der Waals surface area contributed by atoms with E-state index in [9.17, 15) is 9.59 Å². The first-order chi connectivity index (χ1) is 7.99. The van der Waals surface area contributed by atoms with Crippen molar-refractivity contribution in [3.8, 4) is 0 Å². The van der Waals surface area contributed by atoms with Crippen LogP contribution in [0.2, 0.25) is 0 Å². The molecule has 1 aromatic carbocycles. The third-order valence-corrected chi connectivity index (χ3v) is 1.92. The van der Waals surface area contributed by atoms with Crippen molar-refractivity contribution in [1.29, 1.82) is 0 Å². The summed E-state index contributed by atoms with van der Waals surface area (Å²) in [6.45, 7) is 0. The largest absolute Gasteiger partial charge is 0.465 e. The molecule has 0 bridgehead atoms. The number of benzene rings is 1. The maximum Gasteiger partial charge on any atom is 0.409 e. The van der Waals surface area contributed by atoms with Crippen molar-refractivity contribution in [2.24, 2.45) is 0 Å². The van der Waals surface area contributed by atoms with E-state index in [2.05, 4.69) is 5.32 Å². The Morgan fingerprint density at radius 2 is 2.06 bits per heavy atom. The number of carbonyl (C=O) groups is 2. The number of anilines is 1. The monoisotopic (exact) mass is 234 g/mol. The molecule has 1 aromatic rings. The molecular formula is C12H14N2O3. The maximum atomic E-state index is 11.7. The zero-order valence-corrected chi connectivity index (χ0v) is 9.68. The second-order valence-electron chi connectivity index (χ2n) is 3.65. The van der Waals surface area contributed by atoms with E-state index in [0.29, 0.717) is 11.3 Å². The van der Waals surface area contributed by atoms with E-state index in [4.69, 9.17) is 5.11 Å². The first-order valence-electron chi connectivity index (χ1n) is 4.98. The average molecular weight is 234 g/mol. The first-order valence-corrected chi connectivity index (χ1v) is 4.98. The minimum Gasteiger partial charge on any atom is -0.465 e. The normalized spacial score (nSPS) is 10.2. The molecule has 5 nitrogen and oxygen atoms in total. The van der Waals surface area contributed by atoms with Gasteiger partial charge in [0.25, 0.3) is 0 Å². The van der Waals surface area contributed by atoms with Crippen LogP contribution in [0.3, 0.4) is 0 Å². The number of carbonyl (C=O) groups excluding carboxylic acids is 1. The lowest BCUT2D eigenvalue weighted by molar-refractivity contribution is 0.104. The molecule has 0 saturated carbocycles. The van der Waals surface area contributed by atoms with Crippen LogP contribution in [0.5, 0.6) is 0 Å². The van der Waals surface area contributed by atoms with E-state index < -0.39 is 6.09 Å². The molecule has 5 heteroatoms. The Hall–Kier alpha value is -2.30. The third-order valence-electron chi connectivity index (χ3n) is 1.92. The van der Waals surface area contributed by atoms with Crippen LogP contribution >= 0.6 is 0 Å². The van der Waals surface area contributed by atoms with Gasteiger partial charge in [-0.15, -0.1) is 0 Å². The Balaban J connectivity index is 2.84. The van der Waals surface area contributed by atoms with Crippen LogP contribution in [0.25, 0.3) is 0 Å². The lowest BCUT2D eigenvalue weighted by Crippen LogP contribution is -2.08. The molecule has 0 saturated heterocycles. The SMILES string of the molecule is CN(C)C=CC(=O)c1cccc(NC(=O)O)c1. The van der Waals surface area contributed by atoms with E-state index in [1.165, 1.54) is 12.1 Å². The molecule has 2 N–H and O–H groups in total. The van der Waals surface area contributed by atoms with Crippen molar-refractivity contribution in [3.05, 3.63) is 42.1 Å². The summed E-state index contributed by atoms with van der Waals surface area (Å²) in [5.74, 6) is -0.173. The number of nitrogens with one attached hydrogen (secondary N) is 1. The van der Waals surface area contributed by atoms with Crippen LogP contribution in [0.4, 0.5) is 10.5 Å². The molecule has 90 valence electrons. The van der Waals surface area contributed by atoms with Crippen molar-refractivity contribution >= 4 is 17.6 Å². The summed E-state index contributed by atoms with van der Waals surface area (Å²) >= 11 is 0. The molecule has 0 radical (unpaired) electrons. The summed E-state index contributed by atoms with van der Waals surface area (Å²) in [6.07, 6.45) is 1.91. The summed E-state index contributed by atoms with van der Waals surface area (Å²) in [6, 6.07) is 6.34. The molecule has 0 fully saturated rings. The van der Waals surface area contributed by atoms with Crippen molar-refractivity contribution < 1.29 is 14.7 Å². The van der Waals surface area contributed by atoms with Crippen molar-refractivity contribution in [2.75, 3.05) is 19.4 Å². The van der Waals surface area contributed by atoms with E-state index in [-0.39, 0.29) is 5.78 Å². The number of allylic oxidation sites excluding steroid dienone is 1. The highest BCUT2D eigenvalue weighted by Gasteiger charge is 2.04. The van der Waals surface area contributed by atoms with Gasteiger partial charge < -0.3 is 10.0 Å².